The van der Waals surface area contributed by atoms with Gasteiger partial charge in [0.1, 0.15) is 11.5 Å². The second-order valence-electron chi connectivity index (χ2n) is 6.79. The Hall–Kier alpha value is -2.28. The Morgan fingerprint density at radius 3 is 2.38 bits per heavy atom. The standard InChI is InChI=1S/C19H30N2O5/c1-12(2)8-14(19(23)24)11-20-13(3)9-18(22)21-16-10-15(25-4)6-7-17(16)26-5/h6-7,10,12-14,20H,8-9,11H2,1-5H3,(H,21,22)(H,23,24). The van der Waals surface area contributed by atoms with Gasteiger partial charge in [-0.1, -0.05) is 13.8 Å². The molecule has 2 atom stereocenters. The number of amides is 1. The molecule has 0 saturated heterocycles. The molecule has 146 valence electrons. The number of hydrogen-bond acceptors (Lipinski definition) is 5. The first-order valence-corrected chi connectivity index (χ1v) is 8.74. The molecular weight excluding hydrogens is 336 g/mol. The first-order valence-electron chi connectivity index (χ1n) is 8.74. The van der Waals surface area contributed by atoms with E-state index in [1.165, 1.54) is 7.11 Å². The van der Waals surface area contributed by atoms with Crippen LogP contribution < -0.4 is 20.1 Å². The lowest BCUT2D eigenvalue weighted by molar-refractivity contribution is -0.142. The Balaban J connectivity index is 2.58. The highest BCUT2D eigenvalue weighted by Gasteiger charge is 2.20. The molecule has 0 fully saturated rings. The molecule has 0 aliphatic rings. The third-order valence-electron chi connectivity index (χ3n) is 3.99. The smallest absolute Gasteiger partial charge is 0.307 e. The van der Waals surface area contributed by atoms with Crippen molar-refractivity contribution in [3.63, 3.8) is 0 Å². The summed E-state index contributed by atoms with van der Waals surface area (Å²) in [5, 5.41) is 15.2. The maximum atomic E-state index is 12.3. The average molecular weight is 366 g/mol. The van der Waals surface area contributed by atoms with Crippen molar-refractivity contribution in [3.8, 4) is 11.5 Å². The molecule has 0 spiro atoms. The maximum Gasteiger partial charge on any atom is 0.307 e. The van der Waals surface area contributed by atoms with Gasteiger partial charge in [0, 0.05) is 25.1 Å². The van der Waals surface area contributed by atoms with Crippen LogP contribution in [0.25, 0.3) is 0 Å². The summed E-state index contributed by atoms with van der Waals surface area (Å²) in [5.41, 5.74) is 0.535. The van der Waals surface area contributed by atoms with Crippen LogP contribution in [0.3, 0.4) is 0 Å². The molecule has 26 heavy (non-hydrogen) atoms. The quantitative estimate of drug-likeness (QED) is 0.557. The highest BCUT2D eigenvalue weighted by Crippen LogP contribution is 2.29. The Morgan fingerprint density at radius 2 is 1.85 bits per heavy atom. The number of carbonyl (C=O) groups excluding carboxylic acids is 1. The maximum absolute atomic E-state index is 12.3. The summed E-state index contributed by atoms with van der Waals surface area (Å²) in [4.78, 5) is 23.6. The number of benzene rings is 1. The van der Waals surface area contributed by atoms with E-state index in [0.29, 0.717) is 36.1 Å². The highest BCUT2D eigenvalue weighted by molar-refractivity contribution is 5.92. The fraction of sp³-hybridized carbons (Fsp3) is 0.579. The molecule has 0 saturated carbocycles. The zero-order chi connectivity index (χ0) is 19.7. The lowest BCUT2D eigenvalue weighted by Crippen LogP contribution is -2.37. The molecule has 0 aliphatic heterocycles. The molecule has 0 heterocycles. The fourth-order valence-electron chi connectivity index (χ4n) is 2.65. The summed E-state index contributed by atoms with van der Waals surface area (Å²) < 4.78 is 10.4. The molecule has 0 aliphatic carbocycles. The first kappa shape index (κ1) is 21.8. The Kier molecular flexibility index (Phi) is 8.92. The molecule has 1 aromatic carbocycles. The SMILES string of the molecule is COc1ccc(OC)c(NC(=O)CC(C)NCC(CC(C)C)C(=O)O)c1. The Morgan fingerprint density at radius 1 is 1.15 bits per heavy atom. The van der Waals surface area contributed by atoms with Crippen LogP contribution in [0.5, 0.6) is 11.5 Å². The Bertz CT molecular complexity index is 604. The summed E-state index contributed by atoms with van der Waals surface area (Å²) in [6.45, 7) is 6.18. The molecule has 0 radical (unpaired) electrons. The molecule has 0 aromatic heterocycles. The minimum atomic E-state index is -0.816. The normalized spacial score (nSPS) is 13.2. The number of nitrogens with one attached hydrogen (secondary N) is 2. The molecule has 7 heteroatoms. The van der Waals surface area contributed by atoms with Crippen LogP contribution in [0.2, 0.25) is 0 Å². The van der Waals surface area contributed by atoms with Crippen LogP contribution in [0.1, 0.15) is 33.6 Å². The van der Waals surface area contributed by atoms with E-state index in [2.05, 4.69) is 10.6 Å². The van der Waals surface area contributed by atoms with Gasteiger partial charge in [0.25, 0.3) is 0 Å². The van der Waals surface area contributed by atoms with Crippen LogP contribution >= 0.6 is 0 Å². The van der Waals surface area contributed by atoms with E-state index in [4.69, 9.17) is 9.47 Å². The second-order valence-corrected chi connectivity index (χ2v) is 6.79. The van der Waals surface area contributed by atoms with Gasteiger partial charge in [0.2, 0.25) is 5.91 Å². The molecule has 1 aromatic rings. The predicted octanol–water partition coefficient (Wildman–Crippen LogP) is 2.76. The number of carbonyl (C=O) groups is 2. The molecule has 2 unspecified atom stereocenters. The van der Waals surface area contributed by atoms with E-state index in [-0.39, 0.29) is 18.4 Å². The van der Waals surface area contributed by atoms with Gasteiger partial charge in [-0.05, 0) is 31.4 Å². The molecular formula is C19H30N2O5. The van der Waals surface area contributed by atoms with Crippen molar-refractivity contribution in [1.82, 2.24) is 5.32 Å². The second kappa shape index (κ2) is 10.7. The van der Waals surface area contributed by atoms with Crippen LogP contribution in [-0.4, -0.2) is 43.8 Å². The lowest BCUT2D eigenvalue weighted by Gasteiger charge is -2.19. The van der Waals surface area contributed by atoms with Crippen molar-refractivity contribution in [2.45, 2.75) is 39.7 Å². The first-order chi connectivity index (χ1) is 12.3. The summed E-state index contributed by atoms with van der Waals surface area (Å²) in [6, 6.07) is 5.01. The van der Waals surface area contributed by atoms with E-state index in [1.807, 2.05) is 20.8 Å². The van der Waals surface area contributed by atoms with Crippen molar-refractivity contribution >= 4 is 17.6 Å². The van der Waals surface area contributed by atoms with Gasteiger partial charge in [0.15, 0.2) is 0 Å². The lowest BCUT2D eigenvalue weighted by atomic mass is 9.97. The number of carboxylic acids is 1. The molecule has 7 nitrogen and oxygen atoms in total. The van der Waals surface area contributed by atoms with Gasteiger partial charge in [-0.3, -0.25) is 9.59 Å². The minimum absolute atomic E-state index is 0.152. The van der Waals surface area contributed by atoms with Crippen LogP contribution in [-0.2, 0) is 9.59 Å². The molecule has 3 N–H and O–H groups in total. The van der Waals surface area contributed by atoms with E-state index < -0.39 is 11.9 Å². The largest absolute Gasteiger partial charge is 0.497 e. The predicted molar refractivity (Wildman–Crippen MR) is 101 cm³/mol. The summed E-state index contributed by atoms with van der Waals surface area (Å²) >= 11 is 0. The summed E-state index contributed by atoms with van der Waals surface area (Å²) in [7, 11) is 3.08. The number of ether oxygens (including phenoxy) is 2. The van der Waals surface area contributed by atoms with E-state index in [0.717, 1.165) is 0 Å². The zero-order valence-electron chi connectivity index (χ0n) is 16.2. The fourth-order valence-corrected chi connectivity index (χ4v) is 2.65. The number of aliphatic carboxylic acids is 1. The van der Waals surface area contributed by atoms with Crippen LogP contribution in [0.15, 0.2) is 18.2 Å². The number of anilines is 1. The van der Waals surface area contributed by atoms with Gasteiger partial charge in [-0.15, -0.1) is 0 Å². The highest BCUT2D eigenvalue weighted by atomic mass is 16.5. The minimum Gasteiger partial charge on any atom is -0.497 e. The van der Waals surface area contributed by atoms with Crippen LogP contribution in [0, 0.1) is 11.8 Å². The van der Waals surface area contributed by atoms with E-state index in [9.17, 15) is 14.7 Å². The zero-order valence-corrected chi connectivity index (χ0v) is 16.2. The number of rotatable bonds is 11. The average Bonchev–Trinajstić information content (AvgIpc) is 2.57. The van der Waals surface area contributed by atoms with Crippen molar-refractivity contribution in [2.24, 2.45) is 11.8 Å². The number of methoxy groups -OCH3 is 2. The van der Waals surface area contributed by atoms with Crippen molar-refractivity contribution < 1.29 is 24.2 Å². The van der Waals surface area contributed by atoms with Gasteiger partial charge in [-0.2, -0.15) is 0 Å². The molecule has 0 bridgehead atoms. The summed E-state index contributed by atoms with van der Waals surface area (Å²) in [6.07, 6.45) is 0.816. The Labute approximate surface area is 155 Å². The molecule has 1 rings (SSSR count). The van der Waals surface area contributed by atoms with Crippen molar-refractivity contribution in [3.05, 3.63) is 18.2 Å². The van der Waals surface area contributed by atoms with Crippen molar-refractivity contribution in [1.29, 1.82) is 0 Å². The van der Waals surface area contributed by atoms with Gasteiger partial charge < -0.3 is 25.2 Å². The summed E-state index contributed by atoms with van der Waals surface area (Å²) in [5.74, 6) is 0.000159. The third-order valence-corrected chi connectivity index (χ3v) is 3.99. The third kappa shape index (κ3) is 7.31. The van der Waals surface area contributed by atoms with Crippen LogP contribution in [0.4, 0.5) is 5.69 Å². The topological polar surface area (TPSA) is 96.9 Å². The number of hydrogen-bond donors (Lipinski definition) is 3. The number of carboxylic acid groups (broad SMARTS) is 1. The van der Waals surface area contributed by atoms with E-state index in [1.54, 1.807) is 25.3 Å². The molecule has 1 amide bonds. The van der Waals surface area contributed by atoms with Crippen molar-refractivity contribution in [2.75, 3.05) is 26.1 Å². The van der Waals surface area contributed by atoms with E-state index >= 15 is 0 Å². The van der Waals surface area contributed by atoms with Gasteiger partial charge >= 0.3 is 5.97 Å². The van der Waals surface area contributed by atoms with Gasteiger partial charge in [0.05, 0.1) is 25.8 Å². The van der Waals surface area contributed by atoms with Gasteiger partial charge in [-0.25, -0.2) is 0 Å². The monoisotopic (exact) mass is 366 g/mol.